The Morgan fingerprint density at radius 1 is 1.10 bits per heavy atom. The van der Waals surface area contributed by atoms with E-state index in [4.69, 9.17) is 4.74 Å². The van der Waals surface area contributed by atoms with Gasteiger partial charge in [-0.1, -0.05) is 24.3 Å². The first-order valence-corrected chi connectivity index (χ1v) is 9.18. The maximum absolute atomic E-state index is 13.4. The molecule has 0 unspecified atom stereocenters. The minimum atomic E-state index is -1.29. The number of hydrogen-bond donors (Lipinski definition) is 1. The van der Waals surface area contributed by atoms with Gasteiger partial charge in [-0.2, -0.15) is 0 Å². The fraction of sp³-hybridized carbons (Fsp3) is 0.286. The molecule has 10 heteroatoms. The highest BCUT2D eigenvalue weighted by Gasteiger charge is 2.34. The van der Waals surface area contributed by atoms with E-state index >= 15 is 0 Å². The number of rotatable bonds is 9. The summed E-state index contributed by atoms with van der Waals surface area (Å²) in [5.41, 5.74) is 0.601. The Bertz CT molecular complexity index is 962. The Balaban J connectivity index is 2.33. The van der Waals surface area contributed by atoms with Gasteiger partial charge in [-0.3, -0.25) is 19.7 Å². The van der Waals surface area contributed by atoms with Crippen LogP contribution in [-0.4, -0.2) is 43.0 Å². The summed E-state index contributed by atoms with van der Waals surface area (Å²) >= 11 is 0. The van der Waals surface area contributed by atoms with E-state index in [1.54, 1.807) is 6.07 Å². The minimum Gasteiger partial charge on any atom is -0.469 e. The van der Waals surface area contributed by atoms with Crippen LogP contribution < -0.4 is 5.32 Å². The highest BCUT2D eigenvalue weighted by Crippen LogP contribution is 2.27. The number of esters is 2. The van der Waals surface area contributed by atoms with Gasteiger partial charge in [0.1, 0.15) is 11.9 Å². The van der Waals surface area contributed by atoms with Gasteiger partial charge in [0.25, 0.3) is 5.69 Å². The first-order valence-electron chi connectivity index (χ1n) is 9.18. The second-order valence-corrected chi connectivity index (χ2v) is 6.61. The molecule has 0 fully saturated rings. The Hall–Kier alpha value is -3.82. The number of halogens is 1. The van der Waals surface area contributed by atoms with Gasteiger partial charge < -0.3 is 14.8 Å². The normalized spacial score (nSPS) is 12.4. The second-order valence-electron chi connectivity index (χ2n) is 6.61. The SMILES string of the molecule is COC(=O)C[C@@H](c1ccc([N+](=O)[O-])cc1)[C@@H](NC(=O)Cc1cccc(F)c1)C(=O)OC. The number of nitro groups is 1. The molecule has 164 valence electrons. The molecule has 0 aromatic heterocycles. The lowest BCUT2D eigenvalue weighted by Crippen LogP contribution is -2.46. The van der Waals surface area contributed by atoms with Gasteiger partial charge in [-0.15, -0.1) is 0 Å². The lowest BCUT2D eigenvalue weighted by molar-refractivity contribution is -0.384. The lowest BCUT2D eigenvalue weighted by atomic mass is 9.88. The van der Waals surface area contributed by atoms with Gasteiger partial charge in [-0.05, 0) is 23.3 Å². The Kier molecular flexibility index (Phi) is 8.18. The molecular formula is C21H21FN2O7. The largest absolute Gasteiger partial charge is 0.469 e. The Morgan fingerprint density at radius 3 is 2.32 bits per heavy atom. The quantitative estimate of drug-likeness (QED) is 0.366. The summed E-state index contributed by atoms with van der Waals surface area (Å²) in [6.07, 6.45) is -0.509. The van der Waals surface area contributed by atoms with E-state index in [1.165, 1.54) is 49.6 Å². The fourth-order valence-corrected chi connectivity index (χ4v) is 3.04. The molecule has 1 N–H and O–H groups in total. The molecule has 1 amide bonds. The molecule has 9 nitrogen and oxygen atoms in total. The lowest BCUT2D eigenvalue weighted by Gasteiger charge is -2.26. The van der Waals surface area contributed by atoms with E-state index in [0.29, 0.717) is 11.1 Å². The monoisotopic (exact) mass is 432 g/mol. The first kappa shape index (κ1) is 23.5. The first-order chi connectivity index (χ1) is 14.7. The van der Waals surface area contributed by atoms with Crippen LogP contribution in [0.15, 0.2) is 48.5 Å². The number of carbonyl (C=O) groups excluding carboxylic acids is 3. The van der Waals surface area contributed by atoms with E-state index in [2.05, 4.69) is 10.1 Å². The number of nitrogens with one attached hydrogen (secondary N) is 1. The van der Waals surface area contributed by atoms with E-state index in [-0.39, 0.29) is 18.5 Å². The summed E-state index contributed by atoms with van der Waals surface area (Å²) in [5, 5.41) is 13.4. The number of non-ortho nitro benzene ring substituents is 1. The molecule has 0 saturated heterocycles. The van der Waals surface area contributed by atoms with Crippen molar-refractivity contribution >= 4 is 23.5 Å². The smallest absolute Gasteiger partial charge is 0.329 e. The van der Waals surface area contributed by atoms with Crippen molar-refractivity contribution in [2.45, 2.75) is 24.8 Å². The fourth-order valence-electron chi connectivity index (χ4n) is 3.04. The number of amides is 1. The Morgan fingerprint density at radius 2 is 1.77 bits per heavy atom. The number of ether oxygens (including phenoxy) is 2. The number of carbonyl (C=O) groups is 3. The van der Waals surface area contributed by atoms with Crippen LogP contribution in [0, 0.1) is 15.9 Å². The van der Waals surface area contributed by atoms with Crippen LogP contribution in [0.4, 0.5) is 10.1 Å². The van der Waals surface area contributed by atoms with Gasteiger partial charge in [-0.25, -0.2) is 9.18 Å². The molecule has 31 heavy (non-hydrogen) atoms. The summed E-state index contributed by atoms with van der Waals surface area (Å²) in [5.74, 6) is -3.50. The van der Waals surface area contributed by atoms with Crippen LogP contribution >= 0.6 is 0 Å². The molecule has 0 saturated carbocycles. The van der Waals surface area contributed by atoms with Crippen molar-refractivity contribution in [3.05, 3.63) is 75.6 Å². The number of nitrogens with zero attached hydrogens (tertiary/aromatic N) is 1. The number of hydrogen-bond acceptors (Lipinski definition) is 7. The molecule has 2 rings (SSSR count). The molecule has 0 aliphatic heterocycles. The average molecular weight is 432 g/mol. The van der Waals surface area contributed by atoms with Gasteiger partial charge in [0.15, 0.2) is 0 Å². The van der Waals surface area contributed by atoms with Crippen LogP contribution in [-0.2, 0) is 30.3 Å². The van der Waals surface area contributed by atoms with Crippen LogP contribution in [0.1, 0.15) is 23.5 Å². The van der Waals surface area contributed by atoms with Crippen LogP contribution in [0.5, 0.6) is 0 Å². The summed E-state index contributed by atoms with van der Waals surface area (Å²) in [4.78, 5) is 47.3. The summed E-state index contributed by atoms with van der Waals surface area (Å²) < 4.78 is 22.9. The van der Waals surface area contributed by atoms with E-state index in [1.807, 2.05) is 0 Å². The van der Waals surface area contributed by atoms with E-state index < -0.39 is 40.5 Å². The average Bonchev–Trinajstić information content (AvgIpc) is 2.75. The molecule has 2 aromatic rings. The van der Waals surface area contributed by atoms with Crippen molar-refractivity contribution in [3.8, 4) is 0 Å². The zero-order chi connectivity index (χ0) is 23.0. The third-order valence-electron chi connectivity index (χ3n) is 4.57. The summed E-state index contributed by atoms with van der Waals surface area (Å²) in [6.45, 7) is 0. The zero-order valence-corrected chi connectivity index (χ0v) is 16.9. The van der Waals surface area contributed by atoms with Crippen LogP contribution in [0.25, 0.3) is 0 Å². The standard InChI is InChI=1S/C21H21FN2O7/c1-30-19(26)12-17(14-6-8-16(9-7-14)24(28)29)20(21(27)31-2)23-18(25)11-13-4-3-5-15(22)10-13/h3-10,17,20H,11-12H2,1-2H3,(H,23,25)/t17-,20+/m0/s1. The number of nitro benzene ring substituents is 1. The maximum atomic E-state index is 13.4. The predicted molar refractivity (Wildman–Crippen MR) is 107 cm³/mol. The minimum absolute atomic E-state index is 0.176. The summed E-state index contributed by atoms with van der Waals surface area (Å²) in [7, 11) is 2.30. The van der Waals surface area contributed by atoms with E-state index in [9.17, 15) is 28.9 Å². The predicted octanol–water partition coefficient (Wildman–Crippen LogP) is 2.28. The molecule has 2 atom stereocenters. The van der Waals surface area contributed by atoms with Gasteiger partial charge in [0.05, 0.1) is 32.0 Å². The summed E-state index contributed by atoms with van der Waals surface area (Å²) in [6, 6.07) is 9.37. The third-order valence-corrected chi connectivity index (χ3v) is 4.57. The molecule has 2 aromatic carbocycles. The highest BCUT2D eigenvalue weighted by atomic mass is 19.1. The molecule has 0 bridgehead atoms. The van der Waals surface area contributed by atoms with E-state index in [0.717, 1.165) is 7.11 Å². The number of benzene rings is 2. The van der Waals surface area contributed by atoms with Gasteiger partial charge >= 0.3 is 11.9 Å². The third kappa shape index (κ3) is 6.59. The van der Waals surface area contributed by atoms with Crippen molar-refractivity contribution in [3.63, 3.8) is 0 Å². The highest BCUT2D eigenvalue weighted by molar-refractivity contribution is 5.87. The molecular weight excluding hydrogens is 411 g/mol. The van der Waals surface area contributed by atoms with Crippen molar-refractivity contribution in [1.82, 2.24) is 5.32 Å². The van der Waals surface area contributed by atoms with Gasteiger partial charge in [0, 0.05) is 18.1 Å². The molecule has 0 aliphatic rings. The maximum Gasteiger partial charge on any atom is 0.329 e. The molecule has 0 radical (unpaired) electrons. The molecule has 0 aliphatic carbocycles. The van der Waals surface area contributed by atoms with Crippen molar-refractivity contribution in [1.29, 1.82) is 0 Å². The number of methoxy groups -OCH3 is 2. The van der Waals surface area contributed by atoms with Crippen molar-refractivity contribution in [2.24, 2.45) is 0 Å². The molecule has 0 heterocycles. The molecule has 0 spiro atoms. The topological polar surface area (TPSA) is 125 Å². The van der Waals surface area contributed by atoms with Crippen LogP contribution in [0.3, 0.4) is 0 Å². The second kappa shape index (κ2) is 10.8. The van der Waals surface area contributed by atoms with Gasteiger partial charge in [0.2, 0.25) is 5.91 Å². The van der Waals surface area contributed by atoms with Crippen molar-refractivity contribution in [2.75, 3.05) is 14.2 Å². The van der Waals surface area contributed by atoms with Crippen molar-refractivity contribution < 1.29 is 33.2 Å². The Labute approximate surface area is 177 Å². The van der Waals surface area contributed by atoms with Crippen LogP contribution in [0.2, 0.25) is 0 Å². The zero-order valence-electron chi connectivity index (χ0n) is 16.9.